The molecule has 0 amide bonds. The molecule has 4 heteroatoms. The van der Waals surface area contributed by atoms with Crippen LogP contribution in [0.2, 0.25) is 0 Å². The lowest BCUT2D eigenvalue weighted by molar-refractivity contribution is 0.115. The fourth-order valence-corrected chi connectivity index (χ4v) is 0.906. The highest BCUT2D eigenvalue weighted by Gasteiger charge is 1.94. The van der Waals surface area contributed by atoms with Crippen LogP contribution in [0.1, 0.15) is 47.5 Å². The minimum atomic E-state index is 0.216. The molecule has 0 aliphatic carbocycles. The number of hydrogen-bond donors (Lipinski definition) is 1. The highest BCUT2D eigenvalue weighted by atomic mass is 16.5. The first kappa shape index (κ1) is 24.8. The van der Waals surface area contributed by atoms with Gasteiger partial charge in [0.05, 0.1) is 12.7 Å². The average Bonchev–Trinajstić information content (AvgIpc) is 2.48. The molecule has 0 aromatic heterocycles. The van der Waals surface area contributed by atoms with Gasteiger partial charge in [0.1, 0.15) is 0 Å². The molecule has 0 aliphatic rings. The molecule has 0 fully saturated rings. The Labute approximate surface area is 126 Å². The number of hydrogen-bond acceptors (Lipinski definition) is 4. The summed E-state index contributed by atoms with van der Waals surface area (Å²) in [5.74, 6) is 1.01. The molecule has 0 rings (SSSR count). The molecule has 20 heavy (non-hydrogen) atoms. The summed E-state index contributed by atoms with van der Waals surface area (Å²) in [6.07, 6.45) is 2.76. The lowest BCUT2D eigenvalue weighted by atomic mass is 10.1. The van der Waals surface area contributed by atoms with E-state index < -0.39 is 0 Å². The Morgan fingerprint density at radius 1 is 0.800 bits per heavy atom. The molecular weight excluding hydrogens is 256 g/mol. The molecule has 1 N–H and O–H groups in total. The molecule has 0 aliphatic heterocycles. The summed E-state index contributed by atoms with van der Waals surface area (Å²) in [7, 11) is 5.10. The fourth-order valence-electron chi connectivity index (χ4n) is 0.906. The van der Waals surface area contributed by atoms with Crippen molar-refractivity contribution in [2.75, 3.05) is 41.2 Å². The second-order valence-corrected chi connectivity index (χ2v) is 5.17. The van der Waals surface area contributed by atoms with E-state index in [0.29, 0.717) is 12.7 Å². The molecule has 0 radical (unpaired) electrons. The Hall–Kier alpha value is -0.160. The van der Waals surface area contributed by atoms with E-state index in [-0.39, 0.29) is 12.5 Å². The van der Waals surface area contributed by atoms with E-state index in [1.165, 1.54) is 6.42 Å². The standard InChI is InChI=1S/C6H14O.C5H12O2.C5H12O/c1-4-6(2)5-7-3;1-5(3-6)4-7-2;1-4-5(2)6-3/h6H,4-5H2,1-3H3;5-6H,3-4H2,1-2H3;5H,4H2,1-3H3. The molecule has 0 saturated carbocycles. The van der Waals surface area contributed by atoms with Crippen molar-refractivity contribution in [1.29, 1.82) is 0 Å². The average molecular weight is 294 g/mol. The summed E-state index contributed by atoms with van der Waals surface area (Å²) in [5.41, 5.74) is 0. The fraction of sp³-hybridized carbons (Fsp3) is 1.00. The summed E-state index contributed by atoms with van der Waals surface area (Å²) in [6, 6.07) is 0. The zero-order chi connectivity index (χ0) is 16.4. The maximum absolute atomic E-state index is 8.39. The van der Waals surface area contributed by atoms with Crippen molar-refractivity contribution in [2.24, 2.45) is 11.8 Å². The van der Waals surface area contributed by atoms with Crippen molar-refractivity contribution >= 4 is 0 Å². The van der Waals surface area contributed by atoms with Gasteiger partial charge in [-0.3, -0.25) is 0 Å². The lowest BCUT2D eigenvalue weighted by Crippen LogP contribution is -2.07. The topological polar surface area (TPSA) is 47.9 Å². The quantitative estimate of drug-likeness (QED) is 0.745. The normalized spacial score (nSPS) is 14.2. The minimum Gasteiger partial charge on any atom is -0.396 e. The van der Waals surface area contributed by atoms with E-state index in [2.05, 4.69) is 27.7 Å². The van der Waals surface area contributed by atoms with Gasteiger partial charge in [0.2, 0.25) is 0 Å². The number of ether oxygens (including phenoxy) is 3. The Balaban J connectivity index is -0.000000218. The Bertz CT molecular complexity index is 137. The van der Waals surface area contributed by atoms with Gasteiger partial charge in [0.15, 0.2) is 0 Å². The van der Waals surface area contributed by atoms with Gasteiger partial charge in [-0.15, -0.1) is 0 Å². The van der Waals surface area contributed by atoms with Crippen LogP contribution in [0.5, 0.6) is 0 Å². The smallest absolute Gasteiger partial charge is 0.0540 e. The lowest BCUT2D eigenvalue weighted by Gasteiger charge is -2.03. The summed E-state index contributed by atoms with van der Waals surface area (Å²) in [4.78, 5) is 0. The van der Waals surface area contributed by atoms with Crippen LogP contribution in [0.25, 0.3) is 0 Å². The van der Waals surface area contributed by atoms with E-state index in [1.54, 1.807) is 21.3 Å². The molecule has 0 bridgehead atoms. The minimum absolute atomic E-state index is 0.216. The first-order valence-corrected chi connectivity index (χ1v) is 7.54. The van der Waals surface area contributed by atoms with Crippen molar-refractivity contribution < 1.29 is 19.3 Å². The van der Waals surface area contributed by atoms with Crippen LogP contribution in [0.4, 0.5) is 0 Å². The highest BCUT2D eigenvalue weighted by molar-refractivity contribution is 4.44. The third kappa shape index (κ3) is 26.4. The predicted molar refractivity (Wildman–Crippen MR) is 86.2 cm³/mol. The van der Waals surface area contributed by atoms with Crippen molar-refractivity contribution in [3.63, 3.8) is 0 Å². The Morgan fingerprint density at radius 2 is 1.25 bits per heavy atom. The van der Waals surface area contributed by atoms with E-state index in [0.717, 1.165) is 18.9 Å². The molecule has 4 nitrogen and oxygen atoms in total. The van der Waals surface area contributed by atoms with Crippen LogP contribution < -0.4 is 0 Å². The zero-order valence-electron chi connectivity index (χ0n) is 14.9. The number of rotatable bonds is 8. The predicted octanol–water partition coefficient (Wildman–Crippen LogP) is 3.37. The molecule has 0 aromatic carbocycles. The third-order valence-corrected chi connectivity index (χ3v) is 2.89. The Kier molecular flexibility index (Phi) is 26.3. The monoisotopic (exact) mass is 294 g/mol. The summed E-state index contributed by atoms with van der Waals surface area (Å²) in [6.45, 7) is 12.2. The van der Waals surface area contributed by atoms with Gasteiger partial charge >= 0.3 is 0 Å². The molecule has 0 saturated heterocycles. The highest BCUT2D eigenvalue weighted by Crippen LogP contribution is 1.98. The van der Waals surface area contributed by atoms with Crippen LogP contribution >= 0.6 is 0 Å². The number of aliphatic hydroxyl groups excluding tert-OH is 1. The second kappa shape index (κ2) is 21.1. The first-order chi connectivity index (χ1) is 9.42. The molecule has 0 spiro atoms. The van der Waals surface area contributed by atoms with Crippen LogP contribution in [0.3, 0.4) is 0 Å². The maximum Gasteiger partial charge on any atom is 0.0540 e. The largest absolute Gasteiger partial charge is 0.396 e. The summed E-state index contributed by atoms with van der Waals surface area (Å²) < 4.78 is 14.5. The van der Waals surface area contributed by atoms with Crippen molar-refractivity contribution in [2.45, 2.75) is 53.6 Å². The number of aliphatic hydroxyl groups is 1. The summed E-state index contributed by atoms with van der Waals surface area (Å²) in [5, 5.41) is 8.39. The van der Waals surface area contributed by atoms with Crippen LogP contribution in [0.15, 0.2) is 0 Å². The van der Waals surface area contributed by atoms with Crippen LogP contribution in [-0.2, 0) is 14.2 Å². The van der Waals surface area contributed by atoms with Gasteiger partial charge in [-0.05, 0) is 19.3 Å². The van der Waals surface area contributed by atoms with Crippen molar-refractivity contribution in [3.05, 3.63) is 0 Å². The second-order valence-electron chi connectivity index (χ2n) is 5.17. The summed E-state index contributed by atoms with van der Waals surface area (Å²) >= 11 is 0. The SMILES string of the molecule is CCC(C)COC.CCC(C)OC.COCC(C)CO. The molecular formula is C16H38O4. The third-order valence-electron chi connectivity index (χ3n) is 2.89. The molecule has 0 heterocycles. The van der Waals surface area contributed by atoms with E-state index in [1.807, 2.05) is 6.92 Å². The molecule has 0 aromatic rings. The van der Waals surface area contributed by atoms with Crippen LogP contribution in [-0.4, -0.2) is 52.4 Å². The Morgan fingerprint density at radius 3 is 1.35 bits per heavy atom. The van der Waals surface area contributed by atoms with Gasteiger partial charge in [0.25, 0.3) is 0 Å². The molecule has 126 valence electrons. The van der Waals surface area contributed by atoms with Gasteiger partial charge in [-0.1, -0.05) is 34.1 Å². The van der Waals surface area contributed by atoms with E-state index in [4.69, 9.17) is 19.3 Å². The van der Waals surface area contributed by atoms with Crippen LogP contribution in [0, 0.1) is 11.8 Å². The van der Waals surface area contributed by atoms with E-state index >= 15 is 0 Å². The number of methoxy groups -OCH3 is 3. The molecule has 3 atom stereocenters. The van der Waals surface area contributed by atoms with Crippen molar-refractivity contribution in [1.82, 2.24) is 0 Å². The zero-order valence-corrected chi connectivity index (χ0v) is 14.9. The maximum atomic E-state index is 8.39. The van der Waals surface area contributed by atoms with Gasteiger partial charge in [-0.2, -0.15) is 0 Å². The van der Waals surface area contributed by atoms with Gasteiger partial charge < -0.3 is 19.3 Å². The van der Waals surface area contributed by atoms with Crippen molar-refractivity contribution in [3.8, 4) is 0 Å². The first-order valence-electron chi connectivity index (χ1n) is 7.54. The molecule has 3 unspecified atom stereocenters. The van der Waals surface area contributed by atoms with Gasteiger partial charge in [-0.25, -0.2) is 0 Å². The van der Waals surface area contributed by atoms with E-state index in [9.17, 15) is 0 Å². The van der Waals surface area contributed by atoms with Gasteiger partial charge in [0, 0.05) is 40.5 Å².